The van der Waals surface area contributed by atoms with E-state index in [1.165, 1.54) is 11.1 Å². The number of thioether (sulfide) groups is 1. The van der Waals surface area contributed by atoms with E-state index in [0.717, 1.165) is 22.2 Å². The molecule has 0 saturated heterocycles. The average molecular weight is 326 g/mol. The number of hydrogen-bond donors (Lipinski definition) is 0. The molecule has 0 aliphatic carbocycles. The normalized spacial score (nSPS) is 11.3. The molecular weight excluding hydrogens is 304 g/mol. The Balaban J connectivity index is 1.66. The largest absolute Gasteiger partial charge is 0.493 e. The lowest BCUT2D eigenvalue weighted by molar-refractivity contribution is 0.343. The third-order valence-corrected chi connectivity index (χ3v) is 4.57. The number of imidazole rings is 1. The number of benzene rings is 2. The number of hydrogen-bond acceptors (Lipinski definition) is 3. The van der Waals surface area contributed by atoms with E-state index in [9.17, 15) is 0 Å². The maximum Gasteiger partial charge on any atom is 0.169 e. The van der Waals surface area contributed by atoms with Gasteiger partial charge in [-0.15, -0.1) is 0 Å². The standard InChI is InChI=1S/C19H22N2OS/c1-14(2)21-18-10-5-4-9-17(18)20-19(21)23-12-11-22-16-8-6-7-15(3)13-16/h4-10,13-14H,11-12H2,1-3H3. The van der Waals surface area contributed by atoms with Gasteiger partial charge in [0.05, 0.1) is 17.6 Å². The van der Waals surface area contributed by atoms with Crippen LogP contribution in [0.1, 0.15) is 25.5 Å². The van der Waals surface area contributed by atoms with Crippen LogP contribution < -0.4 is 4.74 Å². The third-order valence-electron chi connectivity index (χ3n) is 3.65. The first kappa shape index (κ1) is 15.9. The Hall–Kier alpha value is -1.94. The van der Waals surface area contributed by atoms with Crippen molar-refractivity contribution >= 4 is 22.8 Å². The van der Waals surface area contributed by atoms with Crippen LogP contribution in [-0.4, -0.2) is 21.9 Å². The molecule has 120 valence electrons. The number of ether oxygens (including phenoxy) is 1. The number of fused-ring (bicyclic) bond motifs is 1. The van der Waals surface area contributed by atoms with E-state index in [1.54, 1.807) is 11.8 Å². The highest BCUT2D eigenvalue weighted by atomic mass is 32.2. The maximum atomic E-state index is 5.83. The van der Waals surface area contributed by atoms with Gasteiger partial charge < -0.3 is 9.30 Å². The van der Waals surface area contributed by atoms with Crippen LogP contribution in [0.5, 0.6) is 5.75 Å². The van der Waals surface area contributed by atoms with Crippen LogP contribution in [-0.2, 0) is 0 Å². The molecule has 1 aromatic heterocycles. The van der Waals surface area contributed by atoms with Gasteiger partial charge in [-0.25, -0.2) is 4.98 Å². The van der Waals surface area contributed by atoms with Crippen molar-refractivity contribution in [3.8, 4) is 5.75 Å². The van der Waals surface area contributed by atoms with Gasteiger partial charge in [0.1, 0.15) is 5.75 Å². The molecule has 0 radical (unpaired) electrons. The van der Waals surface area contributed by atoms with Gasteiger partial charge >= 0.3 is 0 Å². The van der Waals surface area contributed by atoms with E-state index in [1.807, 2.05) is 18.2 Å². The van der Waals surface area contributed by atoms with E-state index >= 15 is 0 Å². The lowest BCUT2D eigenvalue weighted by Gasteiger charge is -2.12. The quantitative estimate of drug-likeness (QED) is 0.466. The summed E-state index contributed by atoms with van der Waals surface area (Å²) in [5.41, 5.74) is 3.48. The Labute approximate surface area is 141 Å². The maximum absolute atomic E-state index is 5.83. The first-order chi connectivity index (χ1) is 11.1. The minimum atomic E-state index is 0.391. The molecule has 0 aliphatic heterocycles. The summed E-state index contributed by atoms with van der Waals surface area (Å²) < 4.78 is 8.12. The van der Waals surface area contributed by atoms with Gasteiger partial charge in [-0.3, -0.25) is 0 Å². The molecule has 2 aromatic carbocycles. The first-order valence-corrected chi connectivity index (χ1v) is 8.93. The summed E-state index contributed by atoms with van der Waals surface area (Å²) in [4.78, 5) is 4.76. The van der Waals surface area contributed by atoms with Crippen LogP contribution in [0, 0.1) is 6.92 Å². The number of nitrogens with zero attached hydrogens (tertiary/aromatic N) is 2. The first-order valence-electron chi connectivity index (χ1n) is 7.94. The molecule has 3 nitrogen and oxygen atoms in total. The van der Waals surface area contributed by atoms with Gasteiger partial charge in [-0.05, 0) is 50.6 Å². The van der Waals surface area contributed by atoms with E-state index in [0.29, 0.717) is 12.6 Å². The molecule has 0 fully saturated rings. The average Bonchev–Trinajstić information content (AvgIpc) is 2.90. The highest BCUT2D eigenvalue weighted by Crippen LogP contribution is 2.27. The van der Waals surface area contributed by atoms with Gasteiger partial charge in [-0.2, -0.15) is 0 Å². The molecule has 0 unspecified atom stereocenters. The summed E-state index contributed by atoms with van der Waals surface area (Å²) in [5.74, 6) is 1.81. The second kappa shape index (κ2) is 7.09. The third kappa shape index (κ3) is 3.70. The summed E-state index contributed by atoms with van der Waals surface area (Å²) in [5, 5.41) is 1.06. The topological polar surface area (TPSA) is 27.1 Å². The van der Waals surface area contributed by atoms with Gasteiger partial charge in [0.2, 0.25) is 0 Å². The molecule has 0 saturated carbocycles. The monoisotopic (exact) mass is 326 g/mol. The van der Waals surface area contributed by atoms with Crippen molar-refractivity contribution in [1.29, 1.82) is 0 Å². The summed E-state index contributed by atoms with van der Waals surface area (Å²) >= 11 is 1.75. The highest BCUT2D eigenvalue weighted by Gasteiger charge is 2.13. The van der Waals surface area contributed by atoms with Crippen LogP contribution in [0.25, 0.3) is 11.0 Å². The molecule has 3 aromatic rings. The molecule has 0 aliphatic rings. The minimum absolute atomic E-state index is 0.391. The molecule has 23 heavy (non-hydrogen) atoms. The van der Waals surface area contributed by atoms with Crippen molar-refractivity contribution in [3.05, 3.63) is 54.1 Å². The Morgan fingerprint density at radius 3 is 2.74 bits per heavy atom. The van der Waals surface area contributed by atoms with Crippen LogP contribution in [0.3, 0.4) is 0 Å². The molecule has 0 spiro atoms. The number of rotatable bonds is 6. The Morgan fingerprint density at radius 1 is 1.13 bits per heavy atom. The van der Waals surface area contributed by atoms with Crippen LogP contribution in [0.2, 0.25) is 0 Å². The Bertz CT molecular complexity index is 795. The van der Waals surface area contributed by atoms with Crippen LogP contribution >= 0.6 is 11.8 Å². The zero-order valence-corrected chi connectivity index (χ0v) is 14.6. The van der Waals surface area contributed by atoms with E-state index < -0.39 is 0 Å². The summed E-state index contributed by atoms with van der Waals surface area (Å²) in [6.07, 6.45) is 0. The fraction of sp³-hybridized carbons (Fsp3) is 0.316. The zero-order chi connectivity index (χ0) is 16.2. The molecule has 4 heteroatoms. The fourth-order valence-electron chi connectivity index (χ4n) is 2.62. The second-order valence-electron chi connectivity index (χ2n) is 5.86. The highest BCUT2D eigenvalue weighted by molar-refractivity contribution is 7.99. The van der Waals surface area contributed by atoms with Gasteiger partial charge in [0.15, 0.2) is 5.16 Å². The van der Waals surface area contributed by atoms with E-state index in [-0.39, 0.29) is 0 Å². The van der Waals surface area contributed by atoms with Crippen molar-refractivity contribution in [2.75, 3.05) is 12.4 Å². The van der Waals surface area contributed by atoms with E-state index in [4.69, 9.17) is 9.72 Å². The summed E-state index contributed by atoms with van der Waals surface area (Å²) in [7, 11) is 0. The van der Waals surface area contributed by atoms with Gasteiger partial charge in [0, 0.05) is 11.8 Å². The number of aryl methyl sites for hydroxylation is 1. The molecule has 0 amide bonds. The lowest BCUT2D eigenvalue weighted by Crippen LogP contribution is -2.05. The number of para-hydroxylation sites is 2. The predicted molar refractivity (Wildman–Crippen MR) is 97.5 cm³/mol. The Kier molecular flexibility index (Phi) is 4.91. The zero-order valence-electron chi connectivity index (χ0n) is 13.8. The fourth-order valence-corrected chi connectivity index (χ4v) is 3.58. The Morgan fingerprint density at radius 2 is 1.96 bits per heavy atom. The van der Waals surface area contributed by atoms with Gasteiger partial charge in [0.25, 0.3) is 0 Å². The van der Waals surface area contributed by atoms with Crippen molar-refractivity contribution in [1.82, 2.24) is 9.55 Å². The minimum Gasteiger partial charge on any atom is -0.493 e. The lowest BCUT2D eigenvalue weighted by atomic mass is 10.2. The molecule has 0 N–H and O–H groups in total. The summed E-state index contributed by atoms with van der Waals surface area (Å²) in [6.45, 7) is 7.14. The smallest absolute Gasteiger partial charge is 0.169 e. The molecule has 3 rings (SSSR count). The van der Waals surface area contributed by atoms with Crippen LogP contribution in [0.4, 0.5) is 0 Å². The number of aromatic nitrogens is 2. The van der Waals surface area contributed by atoms with Crippen molar-refractivity contribution in [2.45, 2.75) is 32.0 Å². The SMILES string of the molecule is Cc1cccc(OCCSc2nc3ccccc3n2C(C)C)c1. The summed E-state index contributed by atoms with van der Waals surface area (Å²) in [6, 6.07) is 16.9. The van der Waals surface area contributed by atoms with Gasteiger partial charge in [-0.1, -0.05) is 36.0 Å². The van der Waals surface area contributed by atoms with Crippen molar-refractivity contribution < 1.29 is 4.74 Å². The van der Waals surface area contributed by atoms with Crippen LogP contribution in [0.15, 0.2) is 53.7 Å². The van der Waals surface area contributed by atoms with Crippen molar-refractivity contribution in [2.24, 2.45) is 0 Å². The molecule has 0 bridgehead atoms. The predicted octanol–water partition coefficient (Wildman–Crippen LogP) is 5.10. The van der Waals surface area contributed by atoms with E-state index in [2.05, 4.69) is 55.7 Å². The molecule has 1 heterocycles. The molecule has 0 atom stereocenters. The molecular formula is C19H22N2OS. The second-order valence-corrected chi connectivity index (χ2v) is 6.92. The van der Waals surface area contributed by atoms with Crippen molar-refractivity contribution in [3.63, 3.8) is 0 Å².